The molecule has 0 bridgehead atoms. The maximum atomic E-state index is 12.3. The minimum Gasteiger partial charge on any atom is -0.347 e. The molecule has 0 atom stereocenters. The number of aryl methyl sites for hydroxylation is 1. The molecule has 5 heteroatoms. The van der Waals surface area contributed by atoms with Crippen LogP contribution in [-0.2, 0) is 22.6 Å². The van der Waals surface area contributed by atoms with E-state index in [1.165, 1.54) is 5.56 Å². The number of ketones is 1. The monoisotopic (exact) mass is 380 g/mol. The number of Topliss-reactive ketones (excluding diaryl/α,β-unsaturated/α-hetero) is 1. The van der Waals surface area contributed by atoms with Gasteiger partial charge in [-0.25, -0.2) is 0 Å². The first-order valence-corrected chi connectivity index (χ1v) is 9.74. The van der Waals surface area contributed by atoms with Crippen molar-refractivity contribution in [2.24, 2.45) is 0 Å². The molecule has 0 aliphatic rings. The smallest absolute Gasteiger partial charge is 0.242 e. The first-order valence-electron chi connectivity index (χ1n) is 9.74. The molecular weight excluding hydrogens is 352 g/mol. The van der Waals surface area contributed by atoms with E-state index in [2.05, 4.69) is 12.2 Å². The summed E-state index contributed by atoms with van der Waals surface area (Å²) >= 11 is 0. The van der Waals surface area contributed by atoms with Crippen LogP contribution in [0.3, 0.4) is 0 Å². The summed E-state index contributed by atoms with van der Waals surface area (Å²) < 4.78 is 0. The lowest BCUT2D eigenvalue weighted by Crippen LogP contribution is -2.39. The Bertz CT molecular complexity index is 785. The van der Waals surface area contributed by atoms with Crippen LogP contribution in [0.1, 0.15) is 48.2 Å². The van der Waals surface area contributed by atoms with E-state index in [-0.39, 0.29) is 37.0 Å². The summed E-state index contributed by atoms with van der Waals surface area (Å²) in [5.41, 5.74) is 2.83. The fraction of sp³-hybridized carbons (Fsp3) is 0.348. The molecule has 28 heavy (non-hydrogen) atoms. The molecule has 0 saturated heterocycles. The average molecular weight is 380 g/mol. The van der Waals surface area contributed by atoms with E-state index in [1.54, 1.807) is 17.0 Å². The van der Waals surface area contributed by atoms with Gasteiger partial charge in [-0.1, -0.05) is 61.5 Å². The van der Waals surface area contributed by atoms with Crippen LogP contribution in [0.25, 0.3) is 0 Å². The lowest BCUT2D eigenvalue weighted by atomic mass is 10.0. The normalized spacial score (nSPS) is 10.4. The minimum atomic E-state index is -0.289. The molecule has 0 aromatic heterocycles. The lowest BCUT2D eigenvalue weighted by molar-refractivity contribution is -0.133. The molecule has 0 aliphatic carbocycles. The molecule has 1 N–H and O–H groups in total. The summed E-state index contributed by atoms with van der Waals surface area (Å²) in [6.45, 7) is 4.99. The number of hydrogen-bond acceptors (Lipinski definition) is 3. The predicted octanol–water partition coefficient (Wildman–Crippen LogP) is 3.38. The van der Waals surface area contributed by atoms with Crippen LogP contribution in [0.2, 0.25) is 0 Å². The minimum absolute atomic E-state index is 0.0567. The van der Waals surface area contributed by atoms with Crippen molar-refractivity contribution in [3.63, 3.8) is 0 Å². The van der Waals surface area contributed by atoms with Crippen molar-refractivity contribution in [2.45, 2.75) is 39.7 Å². The summed E-state index contributed by atoms with van der Waals surface area (Å²) in [5.74, 6) is -0.493. The lowest BCUT2D eigenvalue weighted by Gasteiger charge is -2.21. The SMILES string of the molecule is CCc1ccc(C(=O)CCC(=O)NCC(=O)N(CC)Cc2ccccc2)cc1. The highest BCUT2D eigenvalue weighted by Gasteiger charge is 2.14. The van der Waals surface area contributed by atoms with Gasteiger partial charge in [0.25, 0.3) is 0 Å². The highest BCUT2D eigenvalue weighted by atomic mass is 16.2. The first kappa shape index (κ1) is 21.4. The summed E-state index contributed by atoms with van der Waals surface area (Å²) in [7, 11) is 0. The Hall–Kier alpha value is -2.95. The van der Waals surface area contributed by atoms with Gasteiger partial charge in [0.05, 0.1) is 6.54 Å². The molecule has 0 saturated carbocycles. The van der Waals surface area contributed by atoms with E-state index in [0.717, 1.165) is 12.0 Å². The molecular formula is C23H28N2O3. The Morgan fingerprint density at radius 3 is 2.14 bits per heavy atom. The zero-order chi connectivity index (χ0) is 20.4. The molecule has 5 nitrogen and oxygen atoms in total. The topological polar surface area (TPSA) is 66.5 Å². The number of nitrogens with zero attached hydrogens (tertiary/aromatic N) is 1. The van der Waals surface area contributed by atoms with Gasteiger partial charge in [0, 0.05) is 31.5 Å². The van der Waals surface area contributed by atoms with Crippen molar-refractivity contribution < 1.29 is 14.4 Å². The Kier molecular flexibility index (Phi) is 8.40. The van der Waals surface area contributed by atoms with E-state index >= 15 is 0 Å². The number of rotatable bonds is 10. The second-order valence-corrected chi connectivity index (χ2v) is 6.64. The van der Waals surface area contributed by atoms with Gasteiger partial charge in [-0.3, -0.25) is 14.4 Å². The van der Waals surface area contributed by atoms with Gasteiger partial charge in [-0.15, -0.1) is 0 Å². The van der Waals surface area contributed by atoms with Crippen molar-refractivity contribution >= 4 is 17.6 Å². The van der Waals surface area contributed by atoms with Crippen LogP contribution in [0.4, 0.5) is 0 Å². The van der Waals surface area contributed by atoms with Crippen LogP contribution in [0.5, 0.6) is 0 Å². The molecule has 2 amide bonds. The summed E-state index contributed by atoms with van der Waals surface area (Å²) in [6, 6.07) is 17.2. The fourth-order valence-electron chi connectivity index (χ4n) is 2.85. The summed E-state index contributed by atoms with van der Waals surface area (Å²) in [6.07, 6.45) is 1.13. The van der Waals surface area contributed by atoms with Gasteiger partial charge >= 0.3 is 0 Å². The molecule has 0 unspecified atom stereocenters. The van der Waals surface area contributed by atoms with Crippen LogP contribution in [0, 0.1) is 0 Å². The van der Waals surface area contributed by atoms with E-state index < -0.39 is 0 Å². The molecule has 0 aliphatic heterocycles. The fourth-order valence-corrected chi connectivity index (χ4v) is 2.85. The Morgan fingerprint density at radius 2 is 1.54 bits per heavy atom. The molecule has 2 aromatic rings. The van der Waals surface area contributed by atoms with Crippen molar-refractivity contribution in [1.29, 1.82) is 0 Å². The molecule has 0 spiro atoms. The Morgan fingerprint density at radius 1 is 0.857 bits per heavy atom. The maximum absolute atomic E-state index is 12.3. The van der Waals surface area contributed by atoms with Crippen molar-refractivity contribution in [2.75, 3.05) is 13.1 Å². The molecule has 0 heterocycles. The van der Waals surface area contributed by atoms with Gasteiger partial charge in [0.15, 0.2) is 5.78 Å². The van der Waals surface area contributed by atoms with Crippen LogP contribution < -0.4 is 5.32 Å². The predicted molar refractivity (Wildman–Crippen MR) is 110 cm³/mol. The largest absolute Gasteiger partial charge is 0.347 e. The number of amides is 2. The van der Waals surface area contributed by atoms with Crippen molar-refractivity contribution in [3.05, 3.63) is 71.3 Å². The number of carbonyl (C=O) groups excluding carboxylic acids is 3. The zero-order valence-corrected chi connectivity index (χ0v) is 16.6. The standard InChI is InChI=1S/C23H28N2O3/c1-3-18-10-12-20(13-11-18)21(26)14-15-22(27)24-16-23(28)25(4-2)17-19-8-6-5-7-9-19/h5-13H,3-4,14-17H2,1-2H3,(H,24,27). The van der Waals surface area contributed by atoms with Gasteiger partial charge in [0.2, 0.25) is 11.8 Å². The van der Waals surface area contributed by atoms with Crippen LogP contribution in [0.15, 0.2) is 54.6 Å². The first-order chi connectivity index (χ1) is 13.5. The van der Waals surface area contributed by atoms with Crippen molar-refractivity contribution in [1.82, 2.24) is 10.2 Å². The zero-order valence-electron chi connectivity index (χ0n) is 16.6. The number of hydrogen-bond donors (Lipinski definition) is 1. The third-order valence-corrected chi connectivity index (χ3v) is 4.65. The second-order valence-electron chi connectivity index (χ2n) is 6.64. The van der Waals surface area contributed by atoms with E-state index in [0.29, 0.717) is 18.7 Å². The number of likely N-dealkylation sites (N-methyl/N-ethyl adjacent to an activating group) is 1. The third-order valence-electron chi connectivity index (χ3n) is 4.65. The highest BCUT2D eigenvalue weighted by Crippen LogP contribution is 2.09. The number of carbonyl (C=O) groups is 3. The molecule has 2 aromatic carbocycles. The van der Waals surface area contributed by atoms with Crippen molar-refractivity contribution in [3.8, 4) is 0 Å². The number of nitrogens with one attached hydrogen (secondary N) is 1. The van der Waals surface area contributed by atoms with Crippen LogP contribution >= 0.6 is 0 Å². The maximum Gasteiger partial charge on any atom is 0.242 e. The molecule has 0 radical (unpaired) electrons. The highest BCUT2D eigenvalue weighted by molar-refractivity contribution is 5.98. The van der Waals surface area contributed by atoms with E-state index in [1.807, 2.05) is 49.4 Å². The molecule has 0 fully saturated rings. The Balaban J connectivity index is 1.75. The third kappa shape index (κ3) is 6.65. The van der Waals surface area contributed by atoms with E-state index in [9.17, 15) is 14.4 Å². The van der Waals surface area contributed by atoms with Gasteiger partial charge in [0.1, 0.15) is 0 Å². The average Bonchev–Trinajstić information content (AvgIpc) is 2.74. The quantitative estimate of drug-likeness (QED) is 0.643. The molecule has 148 valence electrons. The molecule has 2 rings (SSSR count). The summed E-state index contributed by atoms with van der Waals surface area (Å²) in [4.78, 5) is 38.2. The van der Waals surface area contributed by atoms with Crippen LogP contribution in [-0.4, -0.2) is 35.6 Å². The van der Waals surface area contributed by atoms with Gasteiger partial charge < -0.3 is 10.2 Å². The van der Waals surface area contributed by atoms with Gasteiger partial charge in [-0.05, 0) is 24.5 Å². The summed E-state index contributed by atoms with van der Waals surface area (Å²) in [5, 5.41) is 2.63. The second kappa shape index (κ2) is 11.0. The van der Waals surface area contributed by atoms with Gasteiger partial charge in [-0.2, -0.15) is 0 Å². The number of benzene rings is 2. The van der Waals surface area contributed by atoms with E-state index in [4.69, 9.17) is 0 Å². The Labute approximate surface area is 166 Å².